The summed E-state index contributed by atoms with van der Waals surface area (Å²) in [4.78, 5) is 11.2. The molecule has 0 aliphatic carbocycles. The highest BCUT2D eigenvalue weighted by molar-refractivity contribution is 5.99. The molecule has 1 N–H and O–H groups in total. The number of benzene rings is 1. The van der Waals surface area contributed by atoms with Crippen molar-refractivity contribution in [3.05, 3.63) is 23.8 Å². The number of Topliss-reactive ketones (excluding diaryl/α,β-unsaturated/α-hetero) is 1. The number of carbonyl (C=O) groups excluding carboxylic acids is 1. The minimum absolute atomic E-state index is 0.0186. The number of rotatable bonds is 3. The van der Waals surface area contributed by atoms with Crippen molar-refractivity contribution in [2.75, 3.05) is 0 Å². The van der Waals surface area contributed by atoms with Gasteiger partial charge in [0.1, 0.15) is 17.1 Å². The third-order valence-corrected chi connectivity index (χ3v) is 1.72. The molecule has 0 saturated heterocycles. The summed E-state index contributed by atoms with van der Waals surface area (Å²) in [5, 5.41) is 9.47. The number of carbonyl (C=O) groups is 1. The lowest BCUT2D eigenvalue weighted by atomic mass is 10.1. The lowest BCUT2D eigenvalue weighted by molar-refractivity contribution is 0.100. The van der Waals surface area contributed by atoms with Gasteiger partial charge in [-0.3, -0.25) is 4.79 Å². The Morgan fingerprint density at radius 2 is 2.07 bits per heavy atom. The maximum Gasteiger partial charge on any atom is 0.167 e. The van der Waals surface area contributed by atoms with Gasteiger partial charge in [-0.15, -0.1) is 0 Å². The van der Waals surface area contributed by atoms with E-state index in [9.17, 15) is 9.90 Å². The smallest absolute Gasteiger partial charge is 0.167 e. The Labute approximate surface area is 83.3 Å². The van der Waals surface area contributed by atoms with Crippen LogP contribution in [0.25, 0.3) is 0 Å². The van der Waals surface area contributed by atoms with Gasteiger partial charge in [0, 0.05) is 0 Å². The molecule has 0 aliphatic heterocycles. The van der Waals surface area contributed by atoms with E-state index in [0.717, 1.165) is 0 Å². The van der Waals surface area contributed by atoms with E-state index in [-0.39, 0.29) is 23.2 Å². The third-order valence-electron chi connectivity index (χ3n) is 1.72. The van der Waals surface area contributed by atoms with Gasteiger partial charge in [0.2, 0.25) is 0 Å². The van der Waals surface area contributed by atoms with Gasteiger partial charge in [0.25, 0.3) is 0 Å². The minimum Gasteiger partial charge on any atom is -0.507 e. The van der Waals surface area contributed by atoms with Crippen LogP contribution in [0.1, 0.15) is 31.1 Å². The number of hydrogen-bond donors (Lipinski definition) is 1. The molecule has 1 aromatic rings. The van der Waals surface area contributed by atoms with E-state index in [1.807, 2.05) is 13.8 Å². The highest BCUT2D eigenvalue weighted by Gasteiger charge is 2.13. The number of ether oxygens (including phenoxy) is 1. The van der Waals surface area contributed by atoms with Gasteiger partial charge in [-0.05, 0) is 32.9 Å². The standard InChI is InChI=1S/C11H14O3/c1-7(2)14-10-6-4-5-9(13)11(10)8(3)12/h4-7,13H,1-3H3. The number of phenols is 1. The molecule has 0 bridgehead atoms. The van der Waals surface area contributed by atoms with Crippen molar-refractivity contribution in [2.45, 2.75) is 26.9 Å². The molecule has 0 fully saturated rings. The normalized spacial score (nSPS) is 10.3. The van der Waals surface area contributed by atoms with Crippen LogP contribution in [0.3, 0.4) is 0 Å². The average Bonchev–Trinajstić information content (AvgIpc) is 2.01. The maximum atomic E-state index is 11.2. The predicted octanol–water partition coefficient (Wildman–Crippen LogP) is 2.38. The van der Waals surface area contributed by atoms with E-state index < -0.39 is 0 Å². The highest BCUT2D eigenvalue weighted by Crippen LogP contribution is 2.28. The van der Waals surface area contributed by atoms with Crippen molar-refractivity contribution in [1.82, 2.24) is 0 Å². The van der Waals surface area contributed by atoms with Gasteiger partial charge in [-0.2, -0.15) is 0 Å². The first-order chi connectivity index (χ1) is 6.52. The Morgan fingerprint density at radius 3 is 2.57 bits per heavy atom. The summed E-state index contributed by atoms with van der Waals surface area (Å²) in [5.41, 5.74) is 0.251. The molecule has 0 aliphatic rings. The molecule has 3 heteroatoms. The Hall–Kier alpha value is -1.51. The van der Waals surface area contributed by atoms with Gasteiger partial charge in [0.15, 0.2) is 5.78 Å². The zero-order chi connectivity index (χ0) is 10.7. The van der Waals surface area contributed by atoms with Gasteiger partial charge in [0.05, 0.1) is 6.10 Å². The second-order valence-corrected chi connectivity index (χ2v) is 3.37. The lowest BCUT2D eigenvalue weighted by Gasteiger charge is -2.13. The molecule has 1 aromatic carbocycles. The van der Waals surface area contributed by atoms with Crippen molar-refractivity contribution in [2.24, 2.45) is 0 Å². The van der Waals surface area contributed by atoms with Crippen molar-refractivity contribution in [3.8, 4) is 11.5 Å². The van der Waals surface area contributed by atoms with Gasteiger partial charge in [-0.25, -0.2) is 0 Å². The fourth-order valence-electron chi connectivity index (χ4n) is 1.23. The summed E-state index contributed by atoms with van der Waals surface area (Å²) in [6.45, 7) is 5.14. The zero-order valence-electron chi connectivity index (χ0n) is 8.57. The van der Waals surface area contributed by atoms with Crippen LogP contribution in [0.15, 0.2) is 18.2 Å². The van der Waals surface area contributed by atoms with Crippen LogP contribution in [0.4, 0.5) is 0 Å². The summed E-state index contributed by atoms with van der Waals surface area (Å²) < 4.78 is 5.41. The minimum atomic E-state index is -0.196. The van der Waals surface area contributed by atoms with E-state index in [0.29, 0.717) is 5.75 Å². The van der Waals surface area contributed by atoms with Gasteiger partial charge >= 0.3 is 0 Å². The van der Waals surface area contributed by atoms with E-state index in [1.165, 1.54) is 13.0 Å². The van der Waals surface area contributed by atoms with E-state index in [4.69, 9.17) is 4.74 Å². The first-order valence-electron chi connectivity index (χ1n) is 4.52. The third kappa shape index (κ3) is 2.25. The van der Waals surface area contributed by atoms with Crippen molar-refractivity contribution in [1.29, 1.82) is 0 Å². The Bertz CT molecular complexity index is 342. The fraction of sp³-hybridized carbons (Fsp3) is 0.364. The van der Waals surface area contributed by atoms with E-state index >= 15 is 0 Å². The lowest BCUT2D eigenvalue weighted by Crippen LogP contribution is -2.09. The van der Waals surface area contributed by atoms with Crippen molar-refractivity contribution < 1.29 is 14.6 Å². The summed E-state index contributed by atoms with van der Waals surface area (Å²) in [6.07, 6.45) is -0.0186. The average molecular weight is 194 g/mol. The molecule has 0 atom stereocenters. The molecule has 0 spiro atoms. The molecule has 1 rings (SSSR count). The Balaban J connectivity index is 3.14. The monoisotopic (exact) mass is 194 g/mol. The number of ketones is 1. The van der Waals surface area contributed by atoms with Crippen molar-refractivity contribution >= 4 is 5.78 Å². The topological polar surface area (TPSA) is 46.5 Å². The predicted molar refractivity (Wildman–Crippen MR) is 53.9 cm³/mol. The number of hydrogen-bond acceptors (Lipinski definition) is 3. The van der Waals surface area contributed by atoms with Crippen LogP contribution < -0.4 is 4.74 Å². The van der Waals surface area contributed by atoms with Crippen LogP contribution in [0, 0.1) is 0 Å². The molecule has 0 amide bonds. The van der Waals surface area contributed by atoms with Crippen LogP contribution >= 0.6 is 0 Å². The van der Waals surface area contributed by atoms with Crippen molar-refractivity contribution in [3.63, 3.8) is 0 Å². The molecule has 0 radical (unpaired) electrons. The van der Waals surface area contributed by atoms with Crippen LogP contribution in [-0.2, 0) is 0 Å². The van der Waals surface area contributed by atoms with Gasteiger partial charge in [-0.1, -0.05) is 6.07 Å². The maximum absolute atomic E-state index is 11.2. The molecule has 76 valence electrons. The molecule has 3 nitrogen and oxygen atoms in total. The summed E-state index contributed by atoms with van der Waals surface area (Å²) in [7, 11) is 0. The SMILES string of the molecule is CC(=O)c1c(O)cccc1OC(C)C. The van der Waals surface area contributed by atoms with E-state index in [1.54, 1.807) is 12.1 Å². The molecule has 0 heterocycles. The zero-order valence-corrected chi connectivity index (χ0v) is 8.57. The van der Waals surface area contributed by atoms with Gasteiger partial charge < -0.3 is 9.84 Å². The Morgan fingerprint density at radius 1 is 1.43 bits per heavy atom. The first kappa shape index (κ1) is 10.6. The molecule has 14 heavy (non-hydrogen) atoms. The molecular formula is C11H14O3. The fourth-order valence-corrected chi connectivity index (χ4v) is 1.23. The second kappa shape index (κ2) is 4.13. The second-order valence-electron chi connectivity index (χ2n) is 3.37. The van der Waals surface area contributed by atoms with E-state index in [2.05, 4.69) is 0 Å². The number of aromatic hydroxyl groups is 1. The molecule has 0 saturated carbocycles. The molecule has 0 aromatic heterocycles. The summed E-state index contributed by atoms with van der Waals surface area (Å²) in [6, 6.07) is 4.81. The number of phenolic OH excluding ortho intramolecular Hbond substituents is 1. The highest BCUT2D eigenvalue weighted by atomic mass is 16.5. The largest absolute Gasteiger partial charge is 0.507 e. The Kier molecular flexibility index (Phi) is 3.12. The summed E-state index contributed by atoms with van der Waals surface area (Å²) >= 11 is 0. The molecular weight excluding hydrogens is 180 g/mol. The molecule has 0 unspecified atom stereocenters. The van der Waals surface area contributed by atoms with Crippen LogP contribution in [0.2, 0.25) is 0 Å². The van der Waals surface area contributed by atoms with Crippen LogP contribution in [0.5, 0.6) is 11.5 Å². The quantitative estimate of drug-likeness (QED) is 0.751. The summed E-state index contributed by atoms with van der Waals surface area (Å²) in [5.74, 6) is 0.210. The first-order valence-corrected chi connectivity index (χ1v) is 4.52. The van der Waals surface area contributed by atoms with Crippen LogP contribution in [-0.4, -0.2) is 17.0 Å².